The maximum Gasteiger partial charge on any atom is 0.290 e. The average molecular weight is 421 g/mol. The maximum absolute atomic E-state index is 13.6. The Kier molecular flexibility index (Phi) is 5.83. The molecule has 1 aromatic heterocycles. The molecule has 6 nitrogen and oxygen atoms in total. The molecule has 2 heterocycles. The van der Waals surface area contributed by atoms with Crippen molar-refractivity contribution in [3.8, 4) is 5.75 Å². The minimum absolute atomic E-state index is 0.136. The Morgan fingerprint density at radius 3 is 2.55 bits per heavy atom. The molecule has 162 valence electrons. The van der Waals surface area contributed by atoms with Crippen molar-refractivity contribution < 1.29 is 13.9 Å². The third-order valence-electron chi connectivity index (χ3n) is 6.11. The third kappa shape index (κ3) is 3.61. The van der Waals surface area contributed by atoms with Gasteiger partial charge < -0.3 is 19.0 Å². The van der Waals surface area contributed by atoms with E-state index in [4.69, 9.17) is 9.15 Å². The molecule has 0 unspecified atom stereocenters. The van der Waals surface area contributed by atoms with Crippen LogP contribution >= 0.6 is 0 Å². The van der Waals surface area contributed by atoms with Gasteiger partial charge >= 0.3 is 0 Å². The van der Waals surface area contributed by atoms with Crippen LogP contribution in [0.3, 0.4) is 0 Å². The summed E-state index contributed by atoms with van der Waals surface area (Å²) in [5.41, 5.74) is 2.43. The molecule has 31 heavy (non-hydrogen) atoms. The summed E-state index contributed by atoms with van der Waals surface area (Å²) in [6.45, 7) is 9.12. The number of carbonyl (C=O) groups is 1. The Hall–Kier alpha value is -3.12. The number of hydrogen-bond acceptors (Lipinski definition) is 5. The lowest BCUT2D eigenvalue weighted by Crippen LogP contribution is -2.38. The van der Waals surface area contributed by atoms with Crippen molar-refractivity contribution in [3.63, 3.8) is 0 Å². The van der Waals surface area contributed by atoms with Crippen LogP contribution in [0.15, 0.2) is 51.7 Å². The lowest BCUT2D eigenvalue weighted by Gasteiger charge is -2.28. The van der Waals surface area contributed by atoms with Crippen LogP contribution in [0.2, 0.25) is 0 Å². The van der Waals surface area contributed by atoms with Crippen molar-refractivity contribution in [1.29, 1.82) is 0 Å². The Bertz CT molecular complexity index is 1180. The van der Waals surface area contributed by atoms with Crippen molar-refractivity contribution in [2.24, 2.45) is 0 Å². The van der Waals surface area contributed by atoms with E-state index in [0.717, 1.165) is 24.2 Å². The topological polar surface area (TPSA) is 63.0 Å². The molecule has 0 aliphatic carbocycles. The summed E-state index contributed by atoms with van der Waals surface area (Å²) < 4.78 is 11.6. The third-order valence-corrected chi connectivity index (χ3v) is 6.11. The van der Waals surface area contributed by atoms with E-state index in [9.17, 15) is 9.59 Å². The zero-order valence-electron chi connectivity index (χ0n) is 18.5. The summed E-state index contributed by atoms with van der Waals surface area (Å²) in [5, 5.41) is 0.497. The monoisotopic (exact) mass is 420 g/mol. The highest BCUT2D eigenvalue weighted by atomic mass is 16.5. The summed E-state index contributed by atoms with van der Waals surface area (Å²) >= 11 is 0. The van der Waals surface area contributed by atoms with Crippen LogP contribution in [0.5, 0.6) is 5.75 Å². The van der Waals surface area contributed by atoms with E-state index in [0.29, 0.717) is 35.4 Å². The first-order valence-corrected chi connectivity index (χ1v) is 10.7. The van der Waals surface area contributed by atoms with E-state index in [1.807, 2.05) is 43.3 Å². The molecular weight excluding hydrogens is 392 g/mol. The average Bonchev–Trinajstić information content (AvgIpc) is 3.07. The number of carbonyl (C=O) groups excluding carboxylic acids is 1. The molecule has 0 N–H and O–H groups in total. The molecule has 4 rings (SSSR count). The van der Waals surface area contributed by atoms with Gasteiger partial charge in [0.15, 0.2) is 5.43 Å². The van der Waals surface area contributed by atoms with E-state index < -0.39 is 6.04 Å². The van der Waals surface area contributed by atoms with Crippen LogP contribution in [0.4, 0.5) is 0 Å². The van der Waals surface area contributed by atoms with Crippen molar-refractivity contribution in [2.75, 3.05) is 33.3 Å². The lowest BCUT2D eigenvalue weighted by molar-refractivity contribution is 0.0706. The SMILES string of the molecule is CCN(CC)CCN1C(=O)c2oc3ccc(C)cc3c(=O)c2[C@@H]1c1ccccc1OC. The molecule has 0 radical (unpaired) electrons. The van der Waals surface area contributed by atoms with Gasteiger partial charge in [-0.15, -0.1) is 0 Å². The first-order valence-electron chi connectivity index (χ1n) is 10.7. The Labute approximate surface area is 182 Å². The predicted octanol–water partition coefficient (Wildman–Crippen LogP) is 4.00. The molecule has 1 aliphatic rings. The zero-order valence-corrected chi connectivity index (χ0v) is 18.5. The van der Waals surface area contributed by atoms with Gasteiger partial charge in [-0.3, -0.25) is 9.59 Å². The number of hydrogen-bond donors (Lipinski definition) is 0. The van der Waals surface area contributed by atoms with Gasteiger partial charge in [-0.2, -0.15) is 0 Å². The number of benzene rings is 2. The molecule has 0 fully saturated rings. The molecule has 1 atom stereocenters. The van der Waals surface area contributed by atoms with Gasteiger partial charge in [0.05, 0.1) is 24.1 Å². The number of para-hydroxylation sites is 1. The highest BCUT2D eigenvalue weighted by Gasteiger charge is 2.43. The van der Waals surface area contributed by atoms with E-state index in [-0.39, 0.29) is 17.1 Å². The van der Waals surface area contributed by atoms with Crippen molar-refractivity contribution in [1.82, 2.24) is 9.80 Å². The number of methoxy groups -OCH3 is 1. The largest absolute Gasteiger partial charge is 0.496 e. The molecule has 1 amide bonds. The quantitative estimate of drug-likeness (QED) is 0.578. The molecule has 0 spiro atoms. The van der Waals surface area contributed by atoms with Gasteiger partial charge in [-0.05, 0) is 38.2 Å². The van der Waals surface area contributed by atoms with Crippen molar-refractivity contribution in [3.05, 3.63) is 75.1 Å². The lowest BCUT2D eigenvalue weighted by atomic mass is 9.97. The molecule has 0 saturated carbocycles. The summed E-state index contributed by atoms with van der Waals surface area (Å²) in [6.07, 6.45) is 0. The molecular formula is C25H28N2O4. The van der Waals surface area contributed by atoms with Crippen LogP contribution in [0.1, 0.15) is 47.1 Å². The summed E-state index contributed by atoms with van der Waals surface area (Å²) in [4.78, 5) is 31.1. The zero-order chi connectivity index (χ0) is 22.1. The molecule has 3 aromatic rings. The maximum atomic E-state index is 13.6. The second-order valence-electron chi connectivity index (χ2n) is 7.84. The van der Waals surface area contributed by atoms with E-state index in [2.05, 4.69) is 18.7 Å². The van der Waals surface area contributed by atoms with E-state index in [1.165, 1.54) is 0 Å². The first-order chi connectivity index (χ1) is 15.0. The number of likely N-dealkylation sites (N-methyl/N-ethyl adjacent to an activating group) is 1. The Morgan fingerprint density at radius 2 is 1.84 bits per heavy atom. The molecule has 0 bridgehead atoms. The van der Waals surface area contributed by atoms with Crippen LogP contribution in [0, 0.1) is 6.92 Å². The van der Waals surface area contributed by atoms with Crippen LogP contribution < -0.4 is 10.2 Å². The van der Waals surface area contributed by atoms with Gasteiger partial charge in [0.2, 0.25) is 5.76 Å². The Balaban J connectivity index is 1.91. The van der Waals surface area contributed by atoms with Crippen molar-refractivity contribution in [2.45, 2.75) is 26.8 Å². The van der Waals surface area contributed by atoms with Gasteiger partial charge in [0.25, 0.3) is 5.91 Å². The van der Waals surface area contributed by atoms with Gasteiger partial charge in [0.1, 0.15) is 11.3 Å². The minimum Gasteiger partial charge on any atom is -0.496 e. The van der Waals surface area contributed by atoms with Gasteiger partial charge in [-0.1, -0.05) is 43.7 Å². The fourth-order valence-electron chi connectivity index (χ4n) is 4.37. The fourth-order valence-corrected chi connectivity index (χ4v) is 4.37. The van der Waals surface area contributed by atoms with Crippen LogP contribution in [-0.2, 0) is 0 Å². The van der Waals surface area contributed by atoms with Gasteiger partial charge in [-0.25, -0.2) is 0 Å². The number of ether oxygens (including phenoxy) is 1. The minimum atomic E-state index is -0.546. The first kappa shape index (κ1) is 21.1. The second-order valence-corrected chi connectivity index (χ2v) is 7.84. The Morgan fingerprint density at radius 1 is 1.10 bits per heavy atom. The van der Waals surface area contributed by atoms with Crippen molar-refractivity contribution >= 4 is 16.9 Å². The number of rotatable bonds is 7. The standard InChI is InChI=1S/C25H28N2O4/c1-5-26(6-2)13-14-27-22(17-9-7-8-10-19(17)30-4)21-23(28)18-15-16(3)11-12-20(18)31-24(21)25(27)29/h7-12,15,22H,5-6,13-14H2,1-4H3/t22-/m0/s1. The van der Waals surface area contributed by atoms with E-state index >= 15 is 0 Å². The van der Waals surface area contributed by atoms with Crippen LogP contribution in [-0.4, -0.2) is 49.0 Å². The second kappa shape index (κ2) is 8.55. The van der Waals surface area contributed by atoms with E-state index in [1.54, 1.807) is 18.1 Å². The highest BCUT2D eigenvalue weighted by Crippen LogP contribution is 2.41. The number of aryl methyl sites for hydroxylation is 1. The summed E-state index contributed by atoms with van der Waals surface area (Å²) in [6, 6.07) is 12.5. The molecule has 6 heteroatoms. The smallest absolute Gasteiger partial charge is 0.290 e. The highest BCUT2D eigenvalue weighted by molar-refractivity contribution is 5.99. The number of fused-ring (bicyclic) bond motifs is 2. The number of amides is 1. The summed E-state index contributed by atoms with van der Waals surface area (Å²) in [5.74, 6) is 0.527. The van der Waals surface area contributed by atoms with Gasteiger partial charge in [0, 0.05) is 18.7 Å². The van der Waals surface area contributed by atoms with Crippen LogP contribution in [0.25, 0.3) is 11.0 Å². The fraction of sp³-hybridized carbons (Fsp3) is 0.360. The molecule has 0 saturated heterocycles. The molecule has 2 aromatic carbocycles. The molecule has 1 aliphatic heterocycles. The number of nitrogens with zero attached hydrogens (tertiary/aromatic N) is 2. The normalized spacial score (nSPS) is 15.7. The summed E-state index contributed by atoms with van der Waals surface area (Å²) in [7, 11) is 1.60. The predicted molar refractivity (Wildman–Crippen MR) is 121 cm³/mol.